The number of nitrogens with two attached hydrogens (primary N) is 1. The summed E-state index contributed by atoms with van der Waals surface area (Å²) in [5.74, 6) is 0.732. The first-order chi connectivity index (χ1) is 5.83. The van der Waals surface area contributed by atoms with E-state index >= 15 is 0 Å². The number of hydrogen-bond acceptors (Lipinski definition) is 3. The quantitative estimate of drug-likeness (QED) is 0.620. The molecule has 3 heteroatoms. The molecule has 1 rings (SSSR count). The van der Waals surface area contributed by atoms with Crippen LogP contribution in [0.5, 0.6) is 0 Å². The Kier molecular flexibility index (Phi) is 4.58. The molecule has 0 aromatic rings. The fraction of sp³-hybridized carbons (Fsp3) is 1.00. The molecule has 72 valence electrons. The van der Waals surface area contributed by atoms with Crippen LogP contribution < -0.4 is 5.73 Å². The predicted molar refractivity (Wildman–Crippen MR) is 50.1 cm³/mol. The van der Waals surface area contributed by atoms with E-state index in [2.05, 4.69) is 11.9 Å². The van der Waals surface area contributed by atoms with Crippen molar-refractivity contribution in [2.24, 2.45) is 11.7 Å². The Labute approximate surface area is 74.9 Å². The van der Waals surface area contributed by atoms with E-state index in [1.54, 1.807) is 0 Å². The second kappa shape index (κ2) is 5.51. The molecule has 0 aliphatic carbocycles. The summed E-state index contributed by atoms with van der Waals surface area (Å²) < 4.78 is 5.42. The van der Waals surface area contributed by atoms with Crippen LogP contribution in [0.15, 0.2) is 0 Å². The maximum atomic E-state index is 5.42. The lowest BCUT2D eigenvalue weighted by molar-refractivity contribution is 0.0718. The molecule has 1 atom stereocenters. The average molecular weight is 172 g/mol. The monoisotopic (exact) mass is 172 g/mol. The lowest BCUT2D eigenvalue weighted by Crippen LogP contribution is -2.34. The van der Waals surface area contributed by atoms with Crippen molar-refractivity contribution in [1.29, 1.82) is 0 Å². The molecule has 2 N–H and O–H groups in total. The molecule has 0 bridgehead atoms. The van der Waals surface area contributed by atoms with Crippen molar-refractivity contribution < 1.29 is 4.74 Å². The predicted octanol–water partition coefficient (Wildman–Crippen LogP) is 0.304. The van der Waals surface area contributed by atoms with Crippen molar-refractivity contribution in [1.82, 2.24) is 4.90 Å². The fourth-order valence-corrected chi connectivity index (χ4v) is 1.74. The second-order valence-electron chi connectivity index (χ2n) is 3.63. The van der Waals surface area contributed by atoms with Crippen molar-refractivity contribution in [2.75, 3.05) is 39.9 Å². The molecule has 1 fully saturated rings. The van der Waals surface area contributed by atoms with Crippen molar-refractivity contribution in [3.8, 4) is 0 Å². The molecule has 0 spiro atoms. The van der Waals surface area contributed by atoms with E-state index in [1.807, 2.05) is 0 Å². The van der Waals surface area contributed by atoms with Crippen LogP contribution in [0.2, 0.25) is 0 Å². The van der Waals surface area contributed by atoms with Gasteiger partial charge in [0.15, 0.2) is 0 Å². The maximum Gasteiger partial charge on any atom is 0.0588 e. The van der Waals surface area contributed by atoms with Crippen LogP contribution in [0.25, 0.3) is 0 Å². The molecule has 1 saturated heterocycles. The highest BCUT2D eigenvalue weighted by molar-refractivity contribution is 4.69. The minimum Gasteiger partial charge on any atom is -0.380 e. The molecule has 0 radical (unpaired) electrons. The first kappa shape index (κ1) is 9.96. The normalized spacial score (nSPS) is 26.0. The third-order valence-corrected chi connectivity index (χ3v) is 2.34. The highest BCUT2D eigenvalue weighted by Crippen LogP contribution is 2.14. The van der Waals surface area contributed by atoms with Gasteiger partial charge in [0, 0.05) is 13.1 Å². The Morgan fingerprint density at radius 1 is 1.58 bits per heavy atom. The Hall–Kier alpha value is -0.120. The summed E-state index contributed by atoms with van der Waals surface area (Å²) in [5, 5.41) is 0. The van der Waals surface area contributed by atoms with Crippen LogP contribution >= 0.6 is 0 Å². The van der Waals surface area contributed by atoms with E-state index in [1.165, 1.54) is 25.9 Å². The van der Waals surface area contributed by atoms with Gasteiger partial charge in [0.05, 0.1) is 13.2 Å². The highest BCUT2D eigenvalue weighted by atomic mass is 16.5. The van der Waals surface area contributed by atoms with E-state index in [-0.39, 0.29) is 0 Å². The molecule has 0 amide bonds. The van der Waals surface area contributed by atoms with E-state index < -0.39 is 0 Å². The number of hydrogen-bond donors (Lipinski definition) is 1. The molecule has 1 aliphatic rings. The molecule has 0 saturated carbocycles. The third kappa shape index (κ3) is 3.52. The van der Waals surface area contributed by atoms with Gasteiger partial charge in [-0.15, -0.1) is 0 Å². The minimum absolute atomic E-state index is 0.641. The molecule has 0 unspecified atom stereocenters. The van der Waals surface area contributed by atoms with Gasteiger partial charge in [-0.25, -0.2) is 0 Å². The Morgan fingerprint density at radius 2 is 2.42 bits per heavy atom. The van der Waals surface area contributed by atoms with E-state index in [9.17, 15) is 0 Å². The van der Waals surface area contributed by atoms with Crippen LogP contribution in [-0.4, -0.2) is 44.8 Å². The number of nitrogens with zero attached hydrogens (tertiary/aromatic N) is 1. The van der Waals surface area contributed by atoms with Crippen LogP contribution in [0.3, 0.4) is 0 Å². The van der Waals surface area contributed by atoms with Gasteiger partial charge in [-0.2, -0.15) is 0 Å². The van der Waals surface area contributed by atoms with Gasteiger partial charge in [0.25, 0.3) is 0 Å². The summed E-state index contributed by atoms with van der Waals surface area (Å²) in [7, 11) is 2.18. The third-order valence-electron chi connectivity index (χ3n) is 2.34. The number of likely N-dealkylation sites (tertiary alicyclic amines) is 1. The molecular formula is C9H20N2O. The Bertz CT molecular complexity index is 119. The largest absolute Gasteiger partial charge is 0.380 e. The average Bonchev–Trinajstić information content (AvgIpc) is 2.05. The topological polar surface area (TPSA) is 38.5 Å². The van der Waals surface area contributed by atoms with Crippen molar-refractivity contribution in [3.05, 3.63) is 0 Å². The summed E-state index contributed by atoms with van der Waals surface area (Å²) in [5.41, 5.74) is 5.34. The van der Waals surface area contributed by atoms with Gasteiger partial charge in [0.1, 0.15) is 0 Å². The van der Waals surface area contributed by atoms with Gasteiger partial charge in [-0.05, 0) is 32.4 Å². The zero-order chi connectivity index (χ0) is 8.81. The number of piperidine rings is 1. The first-order valence-corrected chi connectivity index (χ1v) is 4.79. The lowest BCUT2D eigenvalue weighted by atomic mass is 10.00. The van der Waals surface area contributed by atoms with E-state index in [0.717, 1.165) is 12.5 Å². The Balaban J connectivity index is 2.06. The molecule has 12 heavy (non-hydrogen) atoms. The van der Waals surface area contributed by atoms with Crippen LogP contribution in [-0.2, 0) is 4.74 Å². The number of rotatable bonds is 4. The maximum absolute atomic E-state index is 5.42. The van der Waals surface area contributed by atoms with Gasteiger partial charge in [0.2, 0.25) is 0 Å². The summed E-state index contributed by atoms with van der Waals surface area (Å²) >= 11 is 0. The summed E-state index contributed by atoms with van der Waals surface area (Å²) in [6.45, 7) is 4.67. The highest BCUT2D eigenvalue weighted by Gasteiger charge is 2.16. The zero-order valence-corrected chi connectivity index (χ0v) is 7.96. The zero-order valence-electron chi connectivity index (χ0n) is 7.96. The van der Waals surface area contributed by atoms with Crippen molar-refractivity contribution in [2.45, 2.75) is 12.8 Å². The summed E-state index contributed by atoms with van der Waals surface area (Å²) in [4.78, 5) is 2.37. The van der Waals surface area contributed by atoms with Gasteiger partial charge in [-0.1, -0.05) is 0 Å². The van der Waals surface area contributed by atoms with Gasteiger partial charge >= 0.3 is 0 Å². The molecule has 0 aromatic heterocycles. The van der Waals surface area contributed by atoms with Gasteiger partial charge < -0.3 is 15.4 Å². The minimum atomic E-state index is 0.641. The van der Waals surface area contributed by atoms with Gasteiger partial charge in [-0.3, -0.25) is 0 Å². The molecule has 3 nitrogen and oxygen atoms in total. The van der Waals surface area contributed by atoms with Crippen LogP contribution in [0.1, 0.15) is 12.8 Å². The van der Waals surface area contributed by atoms with Crippen molar-refractivity contribution in [3.63, 3.8) is 0 Å². The van der Waals surface area contributed by atoms with E-state index in [4.69, 9.17) is 10.5 Å². The molecule has 0 aromatic carbocycles. The SMILES string of the molecule is CN1CCC[C@H](COCCN)C1. The molecular weight excluding hydrogens is 152 g/mol. The molecule has 1 heterocycles. The summed E-state index contributed by atoms with van der Waals surface area (Å²) in [6, 6.07) is 0. The lowest BCUT2D eigenvalue weighted by Gasteiger charge is -2.29. The van der Waals surface area contributed by atoms with Crippen LogP contribution in [0, 0.1) is 5.92 Å². The molecule has 1 aliphatic heterocycles. The summed E-state index contributed by atoms with van der Waals surface area (Å²) in [6.07, 6.45) is 2.63. The smallest absolute Gasteiger partial charge is 0.0588 e. The standard InChI is InChI=1S/C9H20N2O/c1-11-5-2-3-9(7-11)8-12-6-4-10/h9H,2-8,10H2,1H3/t9-/m0/s1. The fourth-order valence-electron chi connectivity index (χ4n) is 1.74. The number of ether oxygens (including phenoxy) is 1. The first-order valence-electron chi connectivity index (χ1n) is 4.79. The second-order valence-corrected chi connectivity index (χ2v) is 3.63. The van der Waals surface area contributed by atoms with E-state index in [0.29, 0.717) is 13.2 Å². The van der Waals surface area contributed by atoms with Crippen LogP contribution in [0.4, 0.5) is 0 Å². The Morgan fingerprint density at radius 3 is 3.08 bits per heavy atom. The van der Waals surface area contributed by atoms with Crippen molar-refractivity contribution >= 4 is 0 Å².